The quantitative estimate of drug-likeness (QED) is 0.183. The third-order valence-electron chi connectivity index (χ3n) is 5.37. The van der Waals surface area contributed by atoms with Crippen LogP contribution in [0.3, 0.4) is 0 Å². The van der Waals surface area contributed by atoms with Crippen LogP contribution in [0.2, 0.25) is 0 Å². The maximum atomic E-state index is 13.1. The number of para-hydroxylation sites is 4. The van der Waals surface area contributed by atoms with Crippen LogP contribution in [0.5, 0.6) is 5.75 Å². The summed E-state index contributed by atoms with van der Waals surface area (Å²) >= 11 is 4.33. The molecule has 0 atom stereocenters. The molecule has 0 aliphatic heterocycles. The Kier molecular flexibility index (Phi) is 7.44. The molecule has 0 spiro atoms. The standard InChI is InChI=1S/C25H20BrN5O5S3/c1-36-21-12-5-4-11-20(21)30-38(32,33)17-8-6-7-16(15-17)27-24-25(29-19-10-3-2-9-18(19)28-24)31-39(34,35)23-14-13-22(26)37-23/h2-15,30H,1H3,(H,27,28)(H,29,31). The lowest BCUT2D eigenvalue weighted by Crippen LogP contribution is -2.15. The number of nitrogens with one attached hydrogen (secondary N) is 3. The number of anilines is 4. The van der Waals surface area contributed by atoms with Crippen LogP contribution in [-0.2, 0) is 20.0 Å². The molecule has 2 aromatic heterocycles. The van der Waals surface area contributed by atoms with Crippen molar-refractivity contribution in [3.05, 3.63) is 88.7 Å². The van der Waals surface area contributed by atoms with E-state index in [9.17, 15) is 16.8 Å². The van der Waals surface area contributed by atoms with E-state index in [2.05, 4.69) is 40.7 Å². The molecule has 14 heteroatoms. The Morgan fingerprint density at radius 3 is 2.15 bits per heavy atom. The Labute approximate surface area is 237 Å². The van der Waals surface area contributed by atoms with E-state index >= 15 is 0 Å². The maximum Gasteiger partial charge on any atom is 0.272 e. The average Bonchev–Trinajstić information content (AvgIpc) is 3.36. The molecule has 5 aromatic rings. The van der Waals surface area contributed by atoms with Crippen molar-refractivity contribution in [2.45, 2.75) is 9.10 Å². The summed E-state index contributed by atoms with van der Waals surface area (Å²) in [5.41, 5.74) is 1.63. The first kappa shape index (κ1) is 26.9. The van der Waals surface area contributed by atoms with Gasteiger partial charge in [0, 0.05) is 5.69 Å². The van der Waals surface area contributed by atoms with Crippen molar-refractivity contribution >= 4 is 81.4 Å². The van der Waals surface area contributed by atoms with Crippen molar-refractivity contribution in [1.29, 1.82) is 0 Å². The lowest BCUT2D eigenvalue weighted by molar-refractivity contribution is 0.417. The minimum atomic E-state index is -3.99. The van der Waals surface area contributed by atoms with Gasteiger partial charge < -0.3 is 10.1 Å². The molecule has 39 heavy (non-hydrogen) atoms. The number of nitrogens with zero attached hydrogens (tertiary/aromatic N) is 2. The summed E-state index contributed by atoms with van der Waals surface area (Å²) in [6.45, 7) is 0. The highest BCUT2D eigenvalue weighted by Crippen LogP contribution is 2.32. The molecule has 10 nitrogen and oxygen atoms in total. The summed E-state index contributed by atoms with van der Waals surface area (Å²) in [6.07, 6.45) is 0. The largest absolute Gasteiger partial charge is 0.495 e. The van der Waals surface area contributed by atoms with Crippen LogP contribution in [0.15, 0.2) is 97.8 Å². The Morgan fingerprint density at radius 1 is 0.769 bits per heavy atom. The summed E-state index contributed by atoms with van der Waals surface area (Å²) in [5, 5.41) is 3.02. The number of fused-ring (bicyclic) bond motifs is 1. The van der Waals surface area contributed by atoms with Gasteiger partial charge in [0.05, 0.1) is 32.5 Å². The second-order valence-electron chi connectivity index (χ2n) is 8.03. The highest BCUT2D eigenvalue weighted by Gasteiger charge is 2.22. The van der Waals surface area contributed by atoms with Gasteiger partial charge >= 0.3 is 0 Å². The summed E-state index contributed by atoms with van der Waals surface area (Å²) in [6, 6.07) is 22.8. The van der Waals surface area contributed by atoms with Gasteiger partial charge in [0.25, 0.3) is 20.0 Å². The molecule has 0 saturated heterocycles. The van der Waals surface area contributed by atoms with E-state index in [-0.39, 0.29) is 26.4 Å². The van der Waals surface area contributed by atoms with Crippen molar-refractivity contribution in [3.8, 4) is 5.75 Å². The molecule has 5 rings (SSSR count). The zero-order valence-corrected chi connectivity index (χ0v) is 24.2. The predicted molar refractivity (Wildman–Crippen MR) is 156 cm³/mol. The van der Waals surface area contributed by atoms with Crippen molar-refractivity contribution in [2.75, 3.05) is 21.9 Å². The Morgan fingerprint density at radius 2 is 1.46 bits per heavy atom. The third-order valence-corrected chi connectivity index (χ3v) is 10.2. The molecular weight excluding hydrogens is 626 g/mol. The number of ether oxygens (including phenoxy) is 1. The number of hydrogen-bond acceptors (Lipinski definition) is 9. The highest BCUT2D eigenvalue weighted by molar-refractivity contribution is 9.11. The number of rotatable bonds is 9. The van der Waals surface area contributed by atoms with Gasteiger partial charge in [0.1, 0.15) is 9.96 Å². The first-order valence-corrected chi connectivity index (χ1v) is 15.8. The first-order chi connectivity index (χ1) is 18.6. The Bertz CT molecular complexity index is 1900. The summed E-state index contributed by atoms with van der Waals surface area (Å²) in [4.78, 5) is 8.99. The molecular formula is C25H20BrN5O5S3. The van der Waals surface area contributed by atoms with Crippen LogP contribution in [-0.4, -0.2) is 33.9 Å². The van der Waals surface area contributed by atoms with E-state index in [1.807, 2.05) is 0 Å². The third kappa shape index (κ3) is 5.98. The molecule has 0 radical (unpaired) electrons. The van der Waals surface area contributed by atoms with Crippen molar-refractivity contribution in [1.82, 2.24) is 9.97 Å². The molecule has 0 saturated carbocycles. The van der Waals surface area contributed by atoms with E-state index in [0.717, 1.165) is 11.3 Å². The van der Waals surface area contributed by atoms with Crippen LogP contribution in [0.25, 0.3) is 11.0 Å². The van der Waals surface area contributed by atoms with Crippen LogP contribution < -0.4 is 19.5 Å². The lowest BCUT2D eigenvalue weighted by Gasteiger charge is -2.15. The number of methoxy groups -OCH3 is 1. The van der Waals surface area contributed by atoms with Gasteiger partial charge in [-0.15, -0.1) is 11.3 Å². The van der Waals surface area contributed by atoms with Gasteiger partial charge in [-0.3, -0.25) is 9.44 Å². The van der Waals surface area contributed by atoms with E-state index < -0.39 is 20.0 Å². The number of halogens is 1. The fourth-order valence-electron chi connectivity index (χ4n) is 3.59. The number of benzene rings is 3. The fraction of sp³-hybridized carbons (Fsp3) is 0.0400. The van der Waals surface area contributed by atoms with Crippen molar-refractivity contribution in [3.63, 3.8) is 0 Å². The predicted octanol–water partition coefficient (Wildman–Crippen LogP) is 5.81. The molecule has 3 N–H and O–H groups in total. The normalized spacial score (nSPS) is 11.7. The lowest BCUT2D eigenvalue weighted by atomic mass is 10.3. The molecule has 200 valence electrons. The molecule has 0 aliphatic rings. The van der Waals surface area contributed by atoms with Crippen LogP contribution >= 0.6 is 27.3 Å². The number of sulfonamides is 2. The van der Waals surface area contributed by atoms with E-state index in [1.165, 1.54) is 25.3 Å². The summed E-state index contributed by atoms with van der Waals surface area (Å²) in [7, 11) is -6.51. The number of aromatic nitrogens is 2. The van der Waals surface area contributed by atoms with Gasteiger partial charge in [-0.25, -0.2) is 26.8 Å². The van der Waals surface area contributed by atoms with Gasteiger partial charge in [0.2, 0.25) is 0 Å². The highest BCUT2D eigenvalue weighted by atomic mass is 79.9. The van der Waals surface area contributed by atoms with E-state index in [0.29, 0.717) is 26.3 Å². The van der Waals surface area contributed by atoms with E-state index in [4.69, 9.17) is 4.74 Å². The minimum Gasteiger partial charge on any atom is -0.495 e. The smallest absolute Gasteiger partial charge is 0.272 e. The second-order valence-corrected chi connectivity index (χ2v) is 14.1. The van der Waals surface area contributed by atoms with Gasteiger partial charge in [-0.1, -0.05) is 30.3 Å². The van der Waals surface area contributed by atoms with Gasteiger partial charge in [0.15, 0.2) is 11.6 Å². The minimum absolute atomic E-state index is 0.0299. The molecule has 0 fully saturated rings. The molecule has 3 aromatic carbocycles. The van der Waals surface area contributed by atoms with E-state index in [1.54, 1.807) is 66.7 Å². The Balaban J connectivity index is 1.50. The summed E-state index contributed by atoms with van der Waals surface area (Å²) < 4.78 is 63.4. The van der Waals surface area contributed by atoms with Crippen LogP contribution in [0.4, 0.5) is 23.0 Å². The zero-order chi connectivity index (χ0) is 27.6. The van der Waals surface area contributed by atoms with Gasteiger partial charge in [-0.2, -0.15) is 0 Å². The fourth-order valence-corrected chi connectivity index (χ4v) is 7.72. The maximum absolute atomic E-state index is 13.1. The van der Waals surface area contributed by atoms with Crippen molar-refractivity contribution < 1.29 is 21.6 Å². The zero-order valence-electron chi connectivity index (χ0n) is 20.1. The SMILES string of the molecule is COc1ccccc1NS(=O)(=O)c1cccc(Nc2nc3ccccc3nc2NS(=O)(=O)c2ccc(Br)s2)c1. The number of hydrogen-bond donors (Lipinski definition) is 3. The second kappa shape index (κ2) is 10.8. The van der Waals surface area contributed by atoms with Crippen molar-refractivity contribution in [2.24, 2.45) is 0 Å². The topological polar surface area (TPSA) is 139 Å². The molecule has 0 amide bonds. The Hall–Kier alpha value is -3.72. The molecule has 2 heterocycles. The summed E-state index contributed by atoms with van der Waals surface area (Å²) in [5.74, 6) is 0.426. The van der Waals surface area contributed by atoms with Gasteiger partial charge in [-0.05, 0) is 70.5 Å². The van der Waals surface area contributed by atoms with Crippen LogP contribution in [0.1, 0.15) is 0 Å². The van der Waals surface area contributed by atoms with Crippen LogP contribution in [0, 0.1) is 0 Å². The molecule has 0 aliphatic carbocycles. The molecule has 0 bridgehead atoms. The average molecular weight is 647 g/mol. The molecule has 0 unspecified atom stereocenters. The monoisotopic (exact) mass is 645 g/mol. The number of thiophene rings is 1. The first-order valence-electron chi connectivity index (χ1n) is 11.2.